The standard InChI is InChI=1S/C10H14ClN3O/c1-12-14(2)10(15)13-7-8-3-5-9(11)6-4-8/h3-6,10,13,15H,1,7H2,2H3. The summed E-state index contributed by atoms with van der Waals surface area (Å²) in [5.41, 5.74) is 1.04. The highest BCUT2D eigenvalue weighted by atomic mass is 35.5. The van der Waals surface area contributed by atoms with Crippen molar-refractivity contribution < 1.29 is 5.11 Å². The second-order valence-corrected chi connectivity index (χ2v) is 3.53. The monoisotopic (exact) mass is 227 g/mol. The number of aliphatic hydroxyl groups excluding tert-OH is 1. The fourth-order valence-electron chi connectivity index (χ4n) is 1.02. The number of hydrogen-bond donors (Lipinski definition) is 2. The molecule has 0 aliphatic carbocycles. The van der Waals surface area contributed by atoms with E-state index in [1.54, 1.807) is 19.2 Å². The molecule has 5 heteroatoms. The first-order valence-electron chi connectivity index (χ1n) is 4.49. The molecule has 0 saturated heterocycles. The Labute approximate surface area is 94.2 Å². The first-order valence-corrected chi connectivity index (χ1v) is 4.86. The average molecular weight is 228 g/mol. The third kappa shape index (κ3) is 3.87. The Morgan fingerprint density at radius 1 is 1.53 bits per heavy atom. The molecular formula is C10H14ClN3O. The summed E-state index contributed by atoms with van der Waals surface area (Å²) in [5.74, 6) is 0. The fourth-order valence-corrected chi connectivity index (χ4v) is 1.15. The minimum atomic E-state index is -0.835. The highest BCUT2D eigenvalue weighted by molar-refractivity contribution is 6.30. The Hall–Kier alpha value is -1.10. The molecule has 82 valence electrons. The van der Waals surface area contributed by atoms with Crippen molar-refractivity contribution in [1.29, 1.82) is 0 Å². The Morgan fingerprint density at radius 2 is 2.13 bits per heavy atom. The van der Waals surface area contributed by atoms with Gasteiger partial charge in [0.1, 0.15) is 0 Å². The Bertz CT molecular complexity index is 315. The highest BCUT2D eigenvalue weighted by Crippen LogP contribution is 2.09. The second kappa shape index (κ2) is 5.70. The molecule has 0 saturated carbocycles. The molecule has 0 fully saturated rings. The molecule has 0 heterocycles. The number of aliphatic hydroxyl groups is 1. The van der Waals surface area contributed by atoms with Gasteiger partial charge in [0.05, 0.1) is 0 Å². The molecule has 1 unspecified atom stereocenters. The first-order chi connectivity index (χ1) is 7.13. The van der Waals surface area contributed by atoms with Gasteiger partial charge in [0, 0.05) is 25.3 Å². The van der Waals surface area contributed by atoms with E-state index < -0.39 is 6.35 Å². The molecule has 0 radical (unpaired) electrons. The second-order valence-electron chi connectivity index (χ2n) is 3.10. The average Bonchev–Trinajstić information content (AvgIpc) is 2.26. The van der Waals surface area contributed by atoms with Gasteiger partial charge in [-0.1, -0.05) is 23.7 Å². The molecule has 1 aromatic carbocycles. The van der Waals surface area contributed by atoms with Gasteiger partial charge in [0.2, 0.25) is 0 Å². The molecule has 15 heavy (non-hydrogen) atoms. The van der Waals surface area contributed by atoms with Gasteiger partial charge >= 0.3 is 0 Å². The van der Waals surface area contributed by atoms with Crippen LogP contribution in [0.15, 0.2) is 29.4 Å². The van der Waals surface area contributed by atoms with Gasteiger partial charge in [0.25, 0.3) is 0 Å². The molecular weight excluding hydrogens is 214 g/mol. The topological polar surface area (TPSA) is 47.9 Å². The number of rotatable bonds is 5. The first kappa shape index (κ1) is 12.0. The van der Waals surface area contributed by atoms with E-state index in [0.29, 0.717) is 11.6 Å². The van der Waals surface area contributed by atoms with Gasteiger partial charge in [-0.15, -0.1) is 0 Å². The van der Waals surface area contributed by atoms with Crippen LogP contribution in [0.3, 0.4) is 0 Å². The summed E-state index contributed by atoms with van der Waals surface area (Å²) in [6.07, 6.45) is -0.835. The van der Waals surface area contributed by atoms with Crippen LogP contribution in [-0.4, -0.2) is 30.2 Å². The van der Waals surface area contributed by atoms with Crippen molar-refractivity contribution in [3.63, 3.8) is 0 Å². The number of hydrazone groups is 1. The number of hydrogen-bond acceptors (Lipinski definition) is 4. The lowest BCUT2D eigenvalue weighted by molar-refractivity contribution is -0.00472. The molecule has 0 aromatic heterocycles. The highest BCUT2D eigenvalue weighted by Gasteiger charge is 2.06. The van der Waals surface area contributed by atoms with Gasteiger partial charge in [0.15, 0.2) is 6.35 Å². The summed E-state index contributed by atoms with van der Waals surface area (Å²) in [5, 5.41) is 18.0. The zero-order chi connectivity index (χ0) is 11.3. The van der Waals surface area contributed by atoms with Crippen LogP contribution in [-0.2, 0) is 6.54 Å². The molecule has 0 aliphatic rings. The maximum atomic E-state index is 9.49. The minimum absolute atomic E-state index is 0.540. The smallest absolute Gasteiger partial charge is 0.199 e. The molecule has 0 amide bonds. The van der Waals surface area contributed by atoms with Gasteiger partial charge in [-0.2, -0.15) is 5.10 Å². The summed E-state index contributed by atoms with van der Waals surface area (Å²) < 4.78 is 0. The summed E-state index contributed by atoms with van der Waals surface area (Å²) in [6.45, 7) is 3.85. The van der Waals surface area contributed by atoms with Crippen LogP contribution < -0.4 is 5.32 Å². The van der Waals surface area contributed by atoms with Crippen LogP contribution in [0, 0.1) is 0 Å². The quantitative estimate of drug-likeness (QED) is 0.452. The molecule has 1 atom stereocenters. The summed E-state index contributed by atoms with van der Waals surface area (Å²) in [6, 6.07) is 7.40. The van der Waals surface area contributed by atoms with Crippen LogP contribution in [0.5, 0.6) is 0 Å². The zero-order valence-corrected chi connectivity index (χ0v) is 9.28. The van der Waals surface area contributed by atoms with Crippen molar-refractivity contribution in [3.05, 3.63) is 34.9 Å². The number of nitrogens with zero attached hydrogens (tertiary/aromatic N) is 2. The Morgan fingerprint density at radius 3 is 2.67 bits per heavy atom. The molecule has 4 nitrogen and oxygen atoms in total. The largest absolute Gasteiger partial charge is 0.360 e. The number of nitrogens with one attached hydrogen (secondary N) is 1. The molecule has 1 rings (SSSR count). The van der Waals surface area contributed by atoms with Crippen LogP contribution in [0.25, 0.3) is 0 Å². The van der Waals surface area contributed by atoms with Crippen molar-refractivity contribution in [2.75, 3.05) is 7.05 Å². The Balaban J connectivity index is 2.43. The molecule has 0 aliphatic heterocycles. The van der Waals surface area contributed by atoms with Gasteiger partial charge in [-0.3, -0.25) is 10.3 Å². The van der Waals surface area contributed by atoms with E-state index in [4.69, 9.17) is 11.6 Å². The third-order valence-corrected chi connectivity index (χ3v) is 2.23. The van der Waals surface area contributed by atoms with Gasteiger partial charge in [-0.25, -0.2) is 0 Å². The normalized spacial score (nSPS) is 12.2. The summed E-state index contributed by atoms with van der Waals surface area (Å²) >= 11 is 5.75. The van der Waals surface area contributed by atoms with Crippen LogP contribution in [0.1, 0.15) is 5.56 Å². The Kier molecular flexibility index (Phi) is 4.55. The number of benzene rings is 1. The van der Waals surface area contributed by atoms with Crippen molar-refractivity contribution >= 4 is 18.3 Å². The van der Waals surface area contributed by atoms with Gasteiger partial charge in [-0.05, 0) is 17.7 Å². The summed E-state index contributed by atoms with van der Waals surface area (Å²) in [7, 11) is 1.63. The SMILES string of the molecule is C=NN(C)C(O)NCc1ccc(Cl)cc1. The zero-order valence-electron chi connectivity index (χ0n) is 8.52. The molecule has 2 N–H and O–H groups in total. The van der Waals surface area contributed by atoms with Crippen molar-refractivity contribution in [2.45, 2.75) is 12.9 Å². The lowest BCUT2D eigenvalue weighted by atomic mass is 10.2. The van der Waals surface area contributed by atoms with E-state index in [9.17, 15) is 5.11 Å². The predicted octanol–water partition coefficient (Wildman–Crippen LogP) is 1.25. The minimum Gasteiger partial charge on any atom is -0.360 e. The van der Waals surface area contributed by atoms with Crippen molar-refractivity contribution in [2.24, 2.45) is 5.10 Å². The van der Waals surface area contributed by atoms with E-state index >= 15 is 0 Å². The van der Waals surface area contributed by atoms with E-state index in [1.807, 2.05) is 12.1 Å². The lowest BCUT2D eigenvalue weighted by Crippen LogP contribution is -2.39. The third-order valence-electron chi connectivity index (χ3n) is 1.98. The maximum Gasteiger partial charge on any atom is 0.199 e. The van der Waals surface area contributed by atoms with Crippen LogP contribution in [0.4, 0.5) is 0 Å². The van der Waals surface area contributed by atoms with Gasteiger partial charge < -0.3 is 5.11 Å². The maximum absolute atomic E-state index is 9.49. The molecule has 0 spiro atoms. The molecule has 0 bridgehead atoms. The van der Waals surface area contributed by atoms with Crippen molar-refractivity contribution in [1.82, 2.24) is 10.3 Å². The fraction of sp³-hybridized carbons (Fsp3) is 0.300. The van der Waals surface area contributed by atoms with E-state index in [2.05, 4.69) is 17.1 Å². The van der Waals surface area contributed by atoms with E-state index in [-0.39, 0.29) is 0 Å². The number of halogens is 1. The summed E-state index contributed by atoms with van der Waals surface area (Å²) in [4.78, 5) is 0. The molecule has 1 aromatic rings. The lowest BCUT2D eigenvalue weighted by Gasteiger charge is -2.20. The van der Waals surface area contributed by atoms with Crippen LogP contribution in [0.2, 0.25) is 5.02 Å². The van der Waals surface area contributed by atoms with Crippen molar-refractivity contribution in [3.8, 4) is 0 Å². The van der Waals surface area contributed by atoms with E-state index in [1.165, 1.54) is 5.01 Å². The van der Waals surface area contributed by atoms with E-state index in [0.717, 1.165) is 5.56 Å². The van der Waals surface area contributed by atoms with Crippen LogP contribution >= 0.6 is 11.6 Å². The predicted molar refractivity (Wildman–Crippen MR) is 61.6 cm³/mol.